The van der Waals surface area contributed by atoms with Crippen molar-refractivity contribution in [3.05, 3.63) is 21.8 Å². The summed E-state index contributed by atoms with van der Waals surface area (Å²) in [6.45, 7) is 2.05. The lowest BCUT2D eigenvalue weighted by Crippen LogP contribution is -2.16. The molecule has 0 saturated heterocycles. The molecule has 106 valence electrons. The molecule has 1 rings (SSSR count). The molecule has 0 N–H and O–H groups in total. The van der Waals surface area contributed by atoms with Crippen LogP contribution < -0.4 is 0 Å². The number of pyridine rings is 1. The topological polar surface area (TPSA) is 57.7 Å². The highest BCUT2D eigenvalue weighted by Gasteiger charge is 2.27. The maximum atomic E-state index is 12.1. The highest BCUT2D eigenvalue weighted by atomic mass is 79.9. The summed E-state index contributed by atoms with van der Waals surface area (Å²) in [6.07, 6.45) is 2.77. The average molecular weight is 350 g/mol. The number of methoxy groups -OCH3 is 2. The molecule has 0 atom stereocenters. The predicted molar refractivity (Wildman–Crippen MR) is 76.4 cm³/mol. The molecule has 1 heterocycles. The molecule has 0 aliphatic heterocycles. The maximum Gasteiger partial charge on any atom is 0.339 e. The van der Waals surface area contributed by atoms with Crippen molar-refractivity contribution < 1.29 is 19.0 Å². The largest absolute Gasteiger partial charge is 0.462 e. The van der Waals surface area contributed by atoms with Gasteiger partial charge in [0.2, 0.25) is 0 Å². The fraction of sp³-hybridized carbons (Fsp3) is 0.500. The minimum atomic E-state index is -0.674. The maximum absolute atomic E-state index is 12.1. The molecule has 0 unspecified atom stereocenters. The van der Waals surface area contributed by atoms with Gasteiger partial charge in [0.25, 0.3) is 0 Å². The highest BCUT2D eigenvalue weighted by molar-refractivity contribution is 9.10. The molecule has 0 bridgehead atoms. The van der Waals surface area contributed by atoms with E-state index in [1.165, 1.54) is 26.0 Å². The van der Waals surface area contributed by atoms with Crippen molar-refractivity contribution in [3.63, 3.8) is 0 Å². The van der Waals surface area contributed by atoms with Crippen LogP contribution in [0, 0.1) is 0 Å². The zero-order valence-electron chi connectivity index (χ0n) is 11.2. The Balaban J connectivity index is 3.44. The normalized spacial score (nSPS) is 10.8. The minimum Gasteiger partial charge on any atom is -0.462 e. The van der Waals surface area contributed by atoms with Crippen LogP contribution in [0.1, 0.15) is 29.1 Å². The molecular formula is C12H16BrNO4S. The Bertz CT molecular complexity index is 452. The van der Waals surface area contributed by atoms with Crippen LogP contribution in [-0.4, -0.2) is 38.0 Å². The Morgan fingerprint density at radius 3 is 2.58 bits per heavy atom. The lowest BCUT2D eigenvalue weighted by molar-refractivity contribution is -0.108. The number of hydrogen-bond donors (Lipinski definition) is 0. The number of rotatable bonds is 6. The first kappa shape index (κ1) is 16.4. The molecule has 1 aromatic rings. The number of aromatic nitrogens is 1. The van der Waals surface area contributed by atoms with Crippen molar-refractivity contribution in [2.45, 2.75) is 18.2 Å². The van der Waals surface area contributed by atoms with Crippen LogP contribution in [-0.2, 0) is 14.2 Å². The number of carbonyl (C=O) groups is 1. The van der Waals surface area contributed by atoms with Gasteiger partial charge in [-0.3, -0.25) is 0 Å². The summed E-state index contributed by atoms with van der Waals surface area (Å²) in [5.41, 5.74) is 0.959. The molecule has 0 aliphatic rings. The van der Waals surface area contributed by atoms with E-state index in [4.69, 9.17) is 14.2 Å². The Kier molecular flexibility index (Phi) is 6.78. The van der Waals surface area contributed by atoms with Crippen LogP contribution in [0.25, 0.3) is 0 Å². The smallest absolute Gasteiger partial charge is 0.339 e. The van der Waals surface area contributed by atoms with E-state index in [2.05, 4.69) is 20.9 Å². The SMILES string of the molecule is CCOC(=O)c1c(Br)cnc(SC)c1C(OC)OC. The zero-order valence-corrected chi connectivity index (χ0v) is 13.6. The third-order valence-corrected chi connectivity index (χ3v) is 3.68. The number of hydrogen-bond acceptors (Lipinski definition) is 6. The summed E-state index contributed by atoms with van der Waals surface area (Å²) in [5, 5.41) is 0.667. The van der Waals surface area contributed by atoms with E-state index < -0.39 is 12.3 Å². The third kappa shape index (κ3) is 3.68. The first-order valence-electron chi connectivity index (χ1n) is 5.55. The van der Waals surface area contributed by atoms with E-state index in [0.29, 0.717) is 27.2 Å². The summed E-state index contributed by atoms with van der Waals surface area (Å²) in [5.74, 6) is -0.429. The molecule has 0 fully saturated rings. The standard InChI is InChI=1S/C12H16BrNO4S/c1-5-18-11(15)8-7(13)6-14-10(19-4)9(8)12(16-2)17-3/h6,12H,5H2,1-4H3. The van der Waals surface area contributed by atoms with Gasteiger partial charge >= 0.3 is 5.97 Å². The summed E-state index contributed by atoms with van der Waals surface area (Å²) >= 11 is 4.74. The first-order valence-corrected chi connectivity index (χ1v) is 7.57. The summed E-state index contributed by atoms with van der Waals surface area (Å²) in [4.78, 5) is 16.4. The highest BCUT2D eigenvalue weighted by Crippen LogP contribution is 2.34. The minimum absolute atomic E-state index is 0.298. The van der Waals surface area contributed by atoms with Crippen LogP contribution in [0.15, 0.2) is 15.7 Å². The van der Waals surface area contributed by atoms with Gasteiger partial charge in [0.05, 0.1) is 22.2 Å². The fourth-order valence-electron chi connectivity index (χ4n) is 1.61. The Hall–Kier alpha value is -0.630. The zero-order chi connectivity index (χ0) is 14.4. The van der Waals surface area contributed by atoms with Crippen LogP contribution in [0.4, 0.5) is 0 Å². The van der Waals surface area contributed by atoms with Gasteiger partial charge in [-0.15, -0.1) is 11.8 Å². The third-order valence-electron chi connectivity index (χ3n) is 2.37. The van der Waals surface area contributed by atoms with Gasteiger partial charge in [-0.1, -0.05) is 0 Å². The van der Waals surface area contributed by atoms with E-state index in [1.54, 1.807) is 13.1 Å². The Morgan fingerprint density at radius 2 is 2.11 bits per heavy atom. The van der Waals surface area contributed by atoms with E-state index in [1.807, 2.05) is 6.26 Å². The fourth-order valence-corrected chi connectivity index (χ4v) is 2.66. The van der Waals surface area contributed by atoms with Gasteiger partial charge in [0, 0.05) is 20.4 Å². The number of carbonyl (C=O) groups excluding carboxylic acids is 1. The van der Waals surface area contributed by atoms with Crippen molar-refractivity contribution in [2.24, 2.45) is 0 Å². The molecule has 1 aromatic heterocycles. The summed E-state index contributed by atoms with van der Waals surface area (Å²) in [7, 11) is 3.02. The molecule has 7 heteroatoms. The lowest BCUT2D eigenvalue weighted by atomic mass is 10.1. The molecule has 0 radical (unpaired) electrons. The van der Waals surface area contributed by atoms with Crippen LogP contribution in [0.5, 0.6) is 0 Å². The van der Waals surface area contributed by atoms with E-state index >= 15 is 0 Å². The van der Waals surface area contributed by atoms with Gasteiger partial charge in [-0.05, 0) is 29.1 Å². The van der Waals surface area contributed by atoms with Crippen molar-refractivity contribution in [1.82, 2.24) is 4.98 Å². The molecule has 0 aliphatic carbocycles. The van der Waals surface area contributed by atoms with Crippen molar-refractivity contribution >= 4 is 33.7 Å². The lowest BCUT2D eigenvalue weighted by Gasteiger charge is -2.20. The first-order chi connectivity index (χ1) is 9.10. The average Bonchev–Trinajstić information content (AvgIpc) is 2.40. The predicted octanol–water partition coefficient (Wildman–Crippen LogP) is 3.03. The van der Waals surface area contributed by atoms with Crippen molar-refractivity contribution in [3.8, 4) is 0 Å². The second-order valence-corrected chi connectivity index (χ2v) is 5.08. The molecule has 5 nitrogen and oxygen atoms in total. The number of esters is 1. The molecule has 19 heavy (non-hydrogen) atoms. The van der Waals surface area contributed by atoms with Crippen molar-refractivity contribution in [2.75, 3.05) is 27.1 Å². The second kappa shape index (κ2) is 7.84. The number of halogens is 1. The van der Waals surface area contributed by atoms with Crippen LogP contribution in [0.3, 0.4) is 0 Å². The molecule has 0 saturated carbocycles. The molecule has 0 aromatic carbocycles. The Morgan fingerprint density at radius 1 is 1.47 bits per heavy atom. The van der Waals surface area contributed by atoms with Gasteiger partial charge in [0.15, 0.2) is 6.29 Å². The monoisotopic (exact) mass is 349 g/mol. The number of ether oxygens (including phenoxy) is 3. The quantitative estimate of drug-likeness (QED) is 0.447. The Labute approximate surface area is 125 Å². The van der Waals surface area contributed by atoms with Crippen LogP contribution >= 0.6 is 27.7 Å². The number of thioether (sulfide) groups is 1. The van der Waals surface area contributed by atoms with E-state index in [0.717, 1.165) is 0 Å². The molecule has 0 spiro atoms. The van der Waals surface area contributed by atoms with Gasteiger partial charge in [-0.25, -0.2) is 9.78 Å². The second-order valence-electron chi connectivity index (χ2n) is 3.43. The summed E-state index contributed by atoms with van der Waals surface area (Å²) in [6, 6.07) is 0. The van der Waals surface area contributed by atoms with Gasteiger partial charge in [0.1, 0.15) is 5.03 Å². The molecule has 0 amide bonds. The number of nitrogens with zero attached hydrogens (tertiary/aromatic N) is 1. The van der Waals surface area contributed by atoms with E-state index in [9.17, 15) is 4.79 Å². The van der Waals surface area contributed by atoms with Crippen LogP contribution in [0.2, 0.25) is 0 Å². The molecular weight excluding hydrogens is 334 g/mol. The van der Waals surface area contributed by atoms with Gasteiger partial charge in [-0.2, -0.15) is 0 Å². The van der Waals surface area contributed by atoms with Gasteiger partial charge < -0.3 is 14.2 Å². The van der Waals surface area contributed by atoms with Crippen molar-refractivity contribution in [1.29, 1.82) is 0 Å². The summed E-state index contributed by atoms with van der Waals surface area (Å²) < 4.78 is 16.1. The van der Waals surface area contributed by atoms with E-state index in [-0.39, 0.29) is 0 Å².